The SMILES string of the molecule is O=C([O-])C[C@@H](Nc1ncnc2ccc(Br)cc12)C(=O)[O-]. The van der Waals surface area contributed by atoms with Crippen molar-refractivity contribution in [2.75, 3.05) is 5.32 Å². The van der Waals surface area contributed by atoms with Gasteiger partial charge in [-0.25, -0.2) is 9.97 Å². The largest absolute Gasteiger partial charge is 0.550 e. The topological polar surface area (TPSA) is 118 Å². The van der Waals surface area contributed by atoms with E-state index in [9.17, 15) is 19.8 Å². The van der Waals surface area contributed by atoms with Crippen molar-refractivity contribution in [2.24, 2.45) is 0 Å². The Morgan fingerprint density at radius 3 is 2.70 bits per heavy atom. The number of fused-ring (bicyclic) bond motifs is 1. The monoisotopic (exact) mass is 337 g/mol. The summed E-state index contributed by atoms with van der Waals surface area (Å²) in [7, 11) is 0. The van der Waals surface area contributed by atoms with Gasteiger partial charge in [-0.2, -0.15) is 0 Å². The predicted molar refractivity (Wildman–Crippen MR) is 69.3 cm³/mol. The van der Waals surface area contributed by atoms with Crippen LogP contribution in [0.5, 0.6) is 0 Å². The van der Waals surface area contributed by atoms with Crippen LogP contribution in [0.25, 0.3) is 10.9 Å². The highest BCUT2D eigenvalue weighted by Gasteiger charge is 2.13. The van der Waals surface area contributed by atoms with Crippen LogP contribution in [-0.2, 0) is 9.59 Å². The van der Waals surface area contributed by atoms with Gasteiger partial charge in [-0.3, -0.25) is 0 Å². The van der Waals surface area contributed by atoms with Crippen LogP contribution in [0.3, 0.4) is 0 Å². The van der Waals surface area contributed by atoms with Gasteiger partial charge in [-0.1, -0.05) is 15.9 Å². The summed E-state index contributed by atoms with van der Waals surface area (Å²) in [6, 6.07) is 3.76. The van der Waals surface area contributed by atoms with Gasteiger partial charge in [0.05, 0.1) is 17.5 Å². The fourth-order valence-corrected chi connectivity index (χ4v) is 2.03. The molecular formula is C12H8BrN3O4-2. The average Bonchev–Trinajstić information content (AvgIpc) is 2.38. The third kappa shape index (κ3) is 3.21. The van der Waals surface area contributed by atoms with Crippen LogP contribution >= 0.6 is 15.9 Å². The maximum atomic E-state index is 10.9. The molecule has 0 radical (unpaired) electrons. The number of aliphatic carboxylic acids is 2. The number of aromatic nitrogens is 2. The van der Waals surface area contributed by atoms with Crippen molar-refractivity contribution in [3.8, 4) is 0 Å². The second kappa shape index (κ2) is 5.83. The molecule has 1 heterocycles. The van der Waals surface area contributed by atoms with Gasteiger partial charge < -0.3 is 25.1 Å². The quantitative estimate of drug-likeness (QED) is 0.748. The number of carboxylic acids is 2. The van der Waals surface area contributed by atoms with Gasteiger partial charge in [0.1, 0.15) is 12.1 Å². The van der Waals surface area contributed by atoms with Crippen LogP contribution < -0.4 is 15.5 Å². The van der Waals surface area contributed by atoms with E-state index in [1.807, 2.05) is 0 Å². The Bertz CT molecular complexity index is 677. The molecule has 1 N–H and O–H groups in total. The van der Waals surface area contributed by atoms with Gasteiger partial charge in [0.15, 0.2) is 0 Å². The van der Waals surface area contributed by atoms with Gasteiger partial charge in [0.2, 0.25) is 0 Å². The first kappa shape index (κ1) is 14.2. The molecule has 2 aromatic rings. The molecule has 0 aliphatic rings. The van der Waals surface area contributed by atoms with Crippen LogP contribution in [0.2, 0.25) is 0 Å². The molecule has 0 saturated heterocycles. The minimum Gasteiger partial charge on any atom is -0.550 e. The molecule has 0 unspecified atom stereocenters. The number of carbonyl (C=O) groups is 2. The highest BCUT2D eigenvalue weighted by molar-refractivity contribution is 9.10. The summed E-state index contributed by atoms with van der Waals surface area (Å²) < 4.78 is 0.757. The maximum Gasteiger partial charge on any atom is 0.137 e. The molecule has 0 aliphatic heterocycles. The predicted octanol–water partition coefficient (Wildman–Crippen LogP) is -0.937. The number of nitrogens with zero attached hydrogens (tertiary/aromatic N) is 2. The van der Waals surface area contributed by atoms with E-state index in [1.165, 1.54) is 6.33 Å². The summed E-state index contributed by atoms with van der Waals surface area (Å²) in [5.74, 6) is -2.83. The molecule has 1 aromatic heterocycles. The Morgan fingerprint density at radius 1 is 1.30 bits per heavy atom. The lowest BCUT2D eigenvalue weighted by atomic mass is 10.2. The van der Waals surface area contributed by atoms with Crippen molar-refractivity contribution >= 4 is 44.6 Å². The Hall–Kier alpha value is -2.22. The summed E-state index contributed by atoms with van der Waals surface area (Å²) in [4.78, 5) is 29.4. The molecule has 0 aliphatic carbocycles. The molecule has 0 fully saturated rings. The second-order valence-electron chi connectivity index (χ2n) is 3.98. The van der Waals surface area contributed by atoms with E-state index >= 15 is 0 Å². The minimum atomic E-state index is -1.55. The van der Waals surface area contributed by atoms with Crippen molar-refractivity contribution in [1.82, 2.24) is 9.97 Å². The van der Waals surface area contributed by atoms with Crippen molar-refractivity contribution in [3.05, 3.63) is 29.0 Å². The molecule has 8 heteroatoms. The Balaban J connectivity index is 2.39. The standard InChI is InChI=1S/C12H10BrN3O4/c13-6-1-2-8-7(3-6)11(15-5-14-8)16-9(12(19)20)4-10(17)18/h1-3,5,9H,4H2,(H,17,18)(H,19,20)(H,14,15,16)/p-2/t9-/m1/s1. The van der Waals surface area contributed by atoms with Crippen LogP contribution in [-0.4, -0.2) is 27.9 Å². The molecule has 2 rings (SSSR count). The lowest BCUT2D eigenvalue weighted by molar-refractivity contribution is -0.316. The van der Waals surface area contributed by atoms with Crippen molar-refractivity contribution in [3.63, 3.8) is 0 Å². The minimum absolute atomic E-state index is 0.215. The molecular weight excluding hydrogens is 330 g/mol. The number of nitrogens with one attached hydrogen (secondary N) is 1. The summed E-state index contributed by atoms with van der Waals surface area (Å²) in [5, 5.41) is 24.6. The first-order chi connectivity index (χ1) is 9.47. The summed E-state index contributed by atoms with van der Waals surface area (Å²) in [5.41, 5.74) is 0.594. The zero-order valence-corrected chi connectivity index (χ0v) is 11.6. The van der Waals surface area contributed by atoms with Crippen molar-refractivity contribution in [1.29, 1.82) is 0 Å². The van der Waals surface area contributed by atoms with Crippen LogP contribution in [0.1, 0.15) is 6.42 Å². The van der Waals surface area contributed by atoms with E-state index in [0.717, 1.165) is 4.47 Å². The van der Waals surface area contributed by atoms with Gasteiger partial charge in [0, 0.05) is 22.2 Å². The number of hydrogen-bond acceptors (Lipinski definition) is 7. The summed E-state index contributed by atoms with van der Waals surface area (Å²) in [6.07, 6.45) is 0.533. The Morgan fingerprint density at radius 2 is 2.05 bits per heavy atom. The normalized spacial score (nSPS) is 12.1. The van der Waals surface area contributed by atoms with Crippen molar-refractivity contribution < 1.29 is 19.8 Å². The Kier molecular flexibility index (Phi) is 4.14. The third-order valence-corrected chi connectivity index (χ3v) is 3.06. The lowest BCUT2D eigenvalue weighted by Gasteiger charge is -2.21. The molecule has 0 bridgehead atoms. The van der Waals surface area contributed by atoms with Gasteiger partial charge in [-0.15, -0.1) is 0 Å². The fourth-order valence-electron chi connectivity index (χ4n) is 1.67. The smallest absolute Gasteiger partial charge is 0.137 e. The highest BCUT2D eigenvalue weighted by Crippen LogP contribution is 2.23. The van der Waals surface area contributed by atoms with E-state index in [4.69, 9.17) is 0 Å². The van der Waals surface area contributed by atoms with E-state index < -0.39 is 24.4 Å². The highest BCUT2D eigenvalue weighted by atomic mass is 79.9. The second-order valence-corrected chi connectivity index (χ2v) is 4.89. The fraction of sp³-hybridized carbons (Fsp3) is 0.167. The molecule has 1 aromatic carbocycles. The van der Waals surface area contributed by atoms with Gasteiger partial charge in [-0.05, 0) is 18.2 Å². The number of hydrogen-bond donors (Lipinski definition) is 1. The first-order valence-electron chi connectivity index (χ1n) is 5.55. The Labute approximate surface area is 121 Å². The molecule has 104 valence electrons. The molecule has 0 amide bonds. The number of halogens is 1. The van der Waals surface area contributed by atoms with Gasteiger partial charge >= 0.3 is 0 Å². The van der Waals surface area contributed by atoms with Crippen LogP contribution in [0.4, 0.5) is 5.82 Å². The number of rotatable bonds is 5. The van der Waals surface area contributed by atoms with E-state index in [1.54, 1.807) is 18.2 Å². The number of carbonyl (C=O) groups excluding carboxylic acids is 2. The van der Waals surface area contributed by atoms with Gasteiger partial charge in [0.25, 0.3) is 0 Å². The zero-order valence-electron chi connectivity index (χ0n) is 10.00. The summed E-state index contributed by atoms with van der Waals surface area (Å²) >= 11 is 3.29. The van der Waals surface area contributed by atoms with Crippen LogP contribution in [0, 0.1) is 0 Å². The molecule has 0 spiro atoms. The van der Waals surface area contributed by atoms with E-state index in [0.29, 0.717) is 10.9 Å². The zero-order chi connectivity index (χ0) is 14.7. The molecule has 20 heavy (non-hydrogen) atoms. The first-order valence-corrected chi connectivity index (χ1v) is 6.34. The molecule has 1 atom stereocenters. The number of benzene rings is 1. The molecule has 0 saturated carbocycles. The third-order valence-electron chi connectivity index (χ3n) is 2.56. The molecule has 7 nitrogen and oxygen atoms in total. The average molecular weight is 338 g/mol. The number of anilines is 1. The van der Waals surface area contributed by atoms with Crippen molar-refractivity contribution in [2.45, 2.75) is 12.5 Å². The number of carboxylic acid groups (broad SMARTS) is 2. The lowest BCUT2D eigenvalue weighted by Crippen LogP contribution is -2.44. The summed E-state index contributed by atoms with van der Waals surface area (Å²) in [6.45, 7) is 0. The van der Waals surface area contributed by atoms with E-state index in [-0.39, 0.29) is 5.82 Å². The van der Waals surface area contributed by atoms with Crippen LogP contribution in [0.15, 0.2) is 29.0 Å². The maximum absolute atomic E-state index is 10.9. The van der Waals surface area contributed by atoms with E-state index in [2.05, 4.69) is 31.2 Å².